The van der Waals surface area contributed by atoms with Crippen LogP contribution in [0.15, 0.2) is 30.5 Å². The first-order chi connectivity index (χ1) is 11.0. The number of ether oxygens (including phenoxy) is 1. The van der Waals surface area contributed by atoms with Crippen LogP contribution in [-0.2, 0) is 4.74 Å². The lowest BCUT2D eigenvalue weighted by molar-refractivity contribution is 0.102. The molecule has 0 unspecified atom stereocenters. The minimum Gasteiger partial charge on any atom is -0.383 e. The third-order valence-electron chi connectivity index (χ3n) is 2.91. The van der Waals surface area contributed by atoms with Crippen molar-refractivity contribution in [3.05, 3.63) is 53.6 Å². The molecule has 2 aromatic rings. The fourth-order valence-corrected chi connectivity index (χ4v) is 1.77. The van der Waals surface area contributed by atoms with Gasteiger partial charge in [0.25, 0.3) is 5.91 Å². The van der Waals surface area contributed by atoms with E-state index in [1.54, 1.807) is 13.2 Å². The number of nitrogens with zero attached hydrogens (tertiary/aromatic N) is 1. The molecule has 122 valence electrons. The van der Waals surface area contributed by atoms with Crippen molar-refractivity contribution in [1.82, 2.24) is 4.98 Å². The second-order valence-electron chi connectivity index (χ2n) is 4.53. The SMILES string of the molecule is COCCNc1ccnc(C(=O)Nc2ccc(F)c(F)c2F)c1. The topological polar surface area (TPSA) is 63.2 Å². The molecule has 0 fully saturated rings. The Kier molecular flexibility index (Phi) is 5.53. The summed E-state index contributed by atoms with van der Waals surface area (Å²) in [5.74, 6) is -5.19. The van der Waals surface area contributed by atoms with Crippen molar-refractivity contribution in [3.8, 4) is 0 Å². The maximum absolute atomic E-state index is 13.5. The molecular weight excluding hydrogens is 311 g/mol. The standard InChI is InChI=1S/C15H14F3N3O2/c1-23-7-6-19-9-4-5-20-12(8-9)15(22)21-11-3-2-10(16)13(17)14(11)18/h2-5,8H,6-7H2,1H3,(H,19,20)(H,21,22). The average molecular weight is 325 g/mol. The molecule has 8 heteroatoms. The first kappa shape index (κ1) is 16.8. The molecule has 0 aliphatic carbocycles. The van der Waals surface area contributed by atoms with E-state index in [4.69, 9.17) is 4.74 Å². The molecule has 1 amide bonds. The van der Waals surface area contributed by atoms with Gasteiger partial charge in [-0.3, -0.25) is 9.78 Å². The van der Waals surface area contributed by atoms with Gasteiger partial charge >= 0.3 is 0 Å². The Labute approximate surface area is 130 Å². The normalized spacial score (nSPS) is 10.4. The van der Waals surface area contributed by atoms with Crippen LogP contribution in [0.3, 0.4) is 0 Å². The number of amides is 1. The fourth-order valence-electron chi connectivity index (χ4n) is 1.77. The Bertz CT molecular complexity index is 710. The number of nitrogens with one attached hydrogen (secondary N) is 2. The van der Waals surface area contributed by atoms with E-state index in [0.29, 0.717) is 18.8 Å². The number of methoxy groups -OCH3 is 1. The van der Waals surface area contributed by atoms with Crippen LogP contribution < -0.4 is 10.6 Å². The number of pyridine rings is 1. The molecule has 0 saturated carbocycles. The number of hydrogen-bond donors (Lipinski definition) is 2. The van der Waals surface area contributed by atoms with E-state index in [0.717, 1.165) is 12.1 Å². The number of aromatic nitrogens is 1. The van der Waals surface area contributed by atoms with Gasteiger partial charge in [-0.2, -0.15) is 0 Å². The van der Waals surface area contributed by atoms with E-state index < -0.39 is 29.0 Å². The van der Waals surface area contributed by atoms with Crippen molar-refractivity contribution in [2.24, 2.45) is 0 Å². The van der Waals surface area contributed by atoms with E-state index >= 15 is 0 Å². The minimum absolute atomic E-state index is 0.00319. The van der Waals surface area contributed by atoms with Gasteiger partial charge in [-0.25, -0.2) is 13.2 Å². The Hall–Kier alpha value is -2.61. The van der Waals surface area contributed by atoms with Gasteiger partial charge in [-0.1, -0.05) is 0 Å². The van der Waals surface area contributed by atoms with Crippen LogP contribution in [0.1, 0.15) is 10.5 Å². The van der Waals surface area contributed by atoms with Crippen molar-refractivity contribution >= 4 is 17.3 Å². The van der Waals surface area contributed by atoms with Crippen molar-refractivity contribution in [2.75, 3.05) is 30.9 Å². The van der Waals surface area contributed by atoms with E-state index in [1.807, 2.05) is 0 Å². The third kappa shape index (κ3) is 4.19. The molecule has 23 heavy (non-hydrogen) atoms. The predicted octanol–water partition coefficient (Wildman–Crippen LogP) is 2.81. The summed E-state index contributed by atoms with van der Waals surface area (Å²) in [5.41, 5.74) is 0.151. The van der Waals surface area contributed by atoms with Crippen LogP contribution in [-0.4, -0.2) is 31.2 Å². The fraction of sp³-hybridized carbons (Fsp3) is 0.200. The number of hydrogen-bond acceptors (Lipinski definition) is 4. The first-order valence-corrected chi connectivity index (χ1v) is 6.66. The molecule has 0 spiro atoms. The van der Waals surface area contributed by atoms with Crippen LogP contribution >= 0.6 is 0 Å². The van der Waals surface area contributed by atoms with Crippen molar-refractivity contribution in [1.29, 1.82) is 0 Å². The van der Waals surface area contributed by atoms with Crippen molar-refractivity contribution in [2.45, 2.75) is 0 Å². The maximum Gasteiger partial charge on any atom is 0.274 e. The molecule has 0 saturated heterocycles. The molecule has 0 radical (unpaired) electrons. The van der Waals surface area contributed by atoms with Gasteiger partial charge in [0.05, 0.1) is 12.3 Å². The van der Waals surface area contributed by atoms with E-state index in [-0.39, 0.29) is 5.69 Å². The summed E-state index contributed by atoms with van der Waals surface area (Å²) >= 11 is 0. The number of halogens is 3. The van der Waals surface area contributed by atoms with Crippen LogP contribution in [0.2, 0.25) is 0 Å². The van der Waals surface area contributed by atoms with Gasteiger partial charge in [-0.15, -0.1) is 0 Å². The van der Waals surface area contributed by atoms with Crippen LogP contribution in [0, 0.1) is 17.5 Å². The van der Waals surface area contributed by atoms with Crippen molar-refractivity contribution in [3.63, 3.8) is 0 Å². The molecule has 2 N–H and O–H groups in total. The summed E-state index contributed by atoms with van der Waals surface area (Å²) in [5, 5.41) is 5.16. The molecule has 0 bridgehead atoms. The number of carbonyl (C=O) groups excluding carboxylic acids is 1. The minimum atomic E-state index is -1.65. The molecule has 1 aromatic heterocycles. The summed E-state index contributed by atoms with van der Waals surface area (Å²) in [4.78, 5) is 15.9. The van der Waals surface area contributed by atoms with Gasteiger partial charge in [0, 0.05) is 25.5 Å². The molecule has 1 heterocycles. The molecule has 5 nitrogen and oxygen atoms in total. The largest absolute Gasteiger partial charge is 0.383 e. The summed E-state index contributed by atoms with van der Waals surface area (Å²) in [7, 11) is 1.56. The maximum atomic E-state index is 13.5. The lowest BCUT2D eigenvalue weighted by atomic mass is 10.2. The highest BCUT2D eigenvalue weighted by molar-refractivity contribution is 6.03. The molecule has 1 aromatic carbocycles. The highest BCUT2D eigenvalue weighted by Crippen LogP contribution is 2.20. The lowest BCUT2D eigenvalue weighted by Crippen LogP contribution is -2.16. The second kappa shape index (κ2) is 7.59. The van der Waals surface area contributed by atoms with E-state index in [1.165, 1.54) is 12.3 Å². The Morgan fingerprint density at radius 1 is 1.22 bits per heavy atom. The highest BCUT2D eigenvalue weighted by Gasteiger charge is 2.16. The Balaban J connectivity index is 2.12. The van der Waals surface area contributed by atoms with E-state index in [9.17, 15) is 18.0 Å². The first-order valence-electron chi connectivity index (χ1n) is 6.66. The molecule has 2 rings (SSSR count). The molecule has 0 atom stereocenters. The lowest BCUT2D eigenvalue weighted by Gasteiger charge is -2.09. The molecule has 0 aliphatic heterocycles. The zero-order chi connectivity index (χ0) is 16.8. The van der Waals surface area contributed by atoms with Gasteiger partial charge in [0.15, 0.2) is 17.5 Å². The Morgan fingerprint density at radius 2 is 2.00 bits per heavy atom. The van der Waals surface area contributed by atoms with Crippen LogP contribution in [0.5, 0.6) is 0 Å². The molecular formula is C15H14F3N3O2. The zero-order valence-electron chi connectivity index (χ0n) is 12.2. The zero-order valence-corrected chi connectivity index (χ0v) is 12.2. The third-order valence-corrected chi connectivity index (χ3v) is 2.91. The summed E-state index contributed by atoms with van der Waals surface area (Å²) in [6.45, 7) is 1.00. The smallest absolute Gasteiger partial charge is 0.274 e. The van der Waals surface area contributed by atoms with Crippen LogP contribution in [0.4, 0.5) is 24.5 Å². The predicted molar refractivity (Wildman–Crippen MR) is 78.9 cm³/mol. The second-order valence-corrected chi connectivity index (χ2v) is 4.53. The van der Waals surface area contributed by atoms with E-state index in [2.05, 4.69) is 15.6 Å². The quantitative estimate of drug-likeness (QED) is 0.633. The van der Waals surface area contributed by atoms with Crippen molar-refractivity contribution < 1.29 is 22.7 Å². The number of carbonyl (C=O) groups is 1. The number of rotatable bonds is 6. The molecule has 0 aliphatic rings. The monoisotopic (exact) mass is 325 g/mol. The summed E-state index contributed by atoms with van der Waals surface area (Å²) < 4.78 is 44.4. The average Bonchev–Trinajstić information content (AvgIpc) is 2.56. The highest BCUT2D eigenvalue weighted by atomic mass is 19.2. The number of anilines is 2. The van der Waals surface area contributed by atoms with Gasteiger partial charge in [-0.05, 0) is 24.3 Å². The van der Waals surface area contributed by atoms with Crippen LogP contribution in [0.25, 0.3) is 0 Å². The van der Waals surface area contributed by atoms with Gasteiger partial charge in [0.2, 0.25) is 0 Å². The van der Waals surface area contributed by atoms with Gasteiger partial charge in [0.1, 0.15) is 5.69 Å². The van der Waals surface area contributed by atoms with Gasteiger partial charge < -0.3 is 15.4 Å². The summed E-state index contributed by atoms with van der Waals surface area (Å²) in [6.07, 6.45) is 1.39. The number of benzene rings is 1. The Morgan fingerprint density at radius 3 is 2.74 bits per heavy atom. The summed E-state index contributed by atoms with van der Waals surface area (Å²) in [6, 6.07) is 4.75.